The van der Waals surface area contributed by atoms with Crippen molar-refractivity contribution in [2.45, 2.75) is 26.1 Å². The van der Waals surface area contributed by atoms with Gasteiger partial charge >= 0.3 is 0 Å². The van der Waals surface area contributed by atoms with E-state index in [2.05, 4.69) is 31.6 Å². The lowest BCUT2D eigenvalue weighted by Gasteiger charge is -2.24. The maximum atomic E-state index is 2.58. The van der Waals surface area contributed by atoms with E-state index in [9.17, 15) is 0 Å². The number of hydrogen-bond acceptors (Lipinski definition) is 1. The molecule has 0 amide bonds. The minimum atomic E-state index is -0.873. The highest BCUT2D eigenvalue weighted by Gasteiger charge is 2.35. The van der Waals surface area contributed by atoms with Crippen LogP contribution >= 0.6 is 0 Å². The summed E-state index contributed by atoms with van der Waals surface area (Å²) in [5.74, 6) is 0.955. The monoisotopic (exact) mass is 143 g/mol. The Kier molecular flexibility index (Phi) is 1.70. The quantitative estimate of drug-likeness (QED) is 0.467. The first-order valence-corrected chi connectivity index (χ1v) is 6.89. The van der Waals surface area contributed by atoms with Gasteiger partial charge in [0.25, 0.3) is 0 Å². The van der Waals surface area contributed by atoms with Crippen LogP contribution in [-0.2, 0) is 0 Å². The molecule has 1 nitrogen and oxygen atoms in total. The van der Waals surface area contributed by atoms with Gasteiger partial charge in [0.2, 0.25) is 0 Å². The molecule has 0 radical (unpaired) electrons. The van der Waals surface area contributed by atoms with Crippen LogP contribution in [0.3, 0.4) is 0 Å². The standard InChI is InChI=1S/C7H17NSi/c1-7-5-8(2)9(3,4)6-7/h7H,5-6H2,1-4H3/t7-/m1/s1. The molecule has 2 heteroatoms. The summed E-state index contributed by atoms with van der Waals surface area (Å²) in [6.07, 6.45) is 0. The Bertz CT molecular complexity index is 111. The van der Waals surface area contributed by atoms with Gasteiger partial charge in [0.05, 0.1) is 0 Å². The molecule has 1 aliphatic rings. The van der Waals surface area contributed by atoms with Crippen molar-refractivity contribution in [3.8, 4) is 0 Å². The van der Waals surface area contributed by atoms with Crippen LogP contribution in [0, 0.1) is 5.92 Å². The van der Waals surface area contributed by atoms with Gasteiger partial charge in [-0.25, -0.2) is 0 Å². The Hall–Kier alpha value is 0.177. The largest absolute Gasteiger partial charge is 0.326 e. The van der Waals surface area contributed by atoms with Crippen molar-refractivity contribution in [1.29, 1.82) is 0 Å². The van der Waals surface area contributed by atoms with Crippen molar-refractivity contribution in [2.24, 2.45) is 5.92 Å². The molecule has 9 heavy (non-hydrogen) atoms. The van der Waals surface area contributed by atoms with Gasteiger partial charge in [0.1, 0.15) is 8.24 Å². The number of hydrogen-bond donors (Lipinski definition) is 0. The summed E-state index contributed by atoms with van der Waals surface area (Å²) < 4.78 is 2.58. The van der Waals surface area contributed by atoms with Crippen molar-refractivity contribution in [2.75, 3.05) is 13.6 Å². The zero-order valence-electron chi connectivity index (χ0n) is 6.94. The van der Waals surface area contributed by atoms with E-state index < -0.39 is 8.24 Å². The van der Waals surface area contributed by atoms with Crippen LogP contribution in [-0.4, -0.2) is 26.4 Å². The fourth-order valence-electron chi connectivity index (χ4n) is 1.79. The summed E-state index contributed by atoms with van der Waals surface area (Å²) in [7, 11) is 1.40. The third-order valence-corrected chi connectivity index (χ3v) is 6.41. The van der Waals surface area contributed by atoms with Crippen molar-refractivity contribution >= 4 is 8.24 Å². The number of rotatable bonds is 0. The zero-order valence-corrected chi connectivity index (χ0v) is 7.94. The molecule has 0 N–H and O–H groups in total. The summed E-state index contributed by atoms with van der Waals surface area (Å²) in [6, 6.07) is 1.49. The highest BCUT2D eigenvalue weighted by Crippen LogP contribution is 2.27. The van der Waals surface area contributed by atoms with Gasteiger partial charge in [-0.15, -0.1) is 0 Å². The second kappa shape index (κ2) is 2.10. The summed E-state index contributed by atoms with van der Waals surface area (Å²) in [5, 5.41) is 0. The molecule has 0 aromatic carbocycles. The third kappa shape index (κ3) is 1.35. The fourth-order valence-corrected chi connectivity index (χ4v) is 4.74. The Labute approximate surface area is 59.1 Å². The van der Waals surface area contributed by atoms with Gasteiger partial charge in [0, 0.05) is 0 Å². The molecular formula is C7H17NSi. The minimum Gasteiger partial charge on any atom is -0.326 e. The van der Waals surface area contributed by atoms with Gasteiger partial charge in [-0.2, -0.15) is 0 Å². The van der Waals surface area contributed by atoms with Crippen molar-refractivity contribution in [3.05, 3.63) is 0 Å². The van der Waals surface area contributed by atoms with Crippen LogP contribution in [0.2, 0.25) is 19.1 Å². The highest BCUT2D eigenvalue weighted by molar-refractivity contribution is 6.75. The van der Waals surface area contributed by atoms with E-state index in [1.165, 1.54) is 12.6 Å². The molecular weight excluding hydrogens is 126 g/mol. The van der Waals surface area contributed by atoms with Crippen molar-refractivity contribution < 1.29 is 0 Å². The molecule has 1 heterocycles. The van der Waals surface area contributed by atoms with Gasteiger partial charge in [-0.05, 0) is 25.6 Å². The van der Waals surface area contributed by atoms with Crippen molar-refractivity contribution in [3.63, 3.8) is 0 Å². The molecule has 0 saturated carbocycles. The lowest BCUT2D eigenvalue weighted by molar-refractivity contribution is 0.489. The summed E-state index contributed by atoms with van der Waals surface area (Å²) in [4.78, 5) is 0. The van der Waals surface area contributed by atoms with Crippen LogP contribution in [0.1, 0.15) is 6.92 Å². The second-order valence-electron chi connectivity index (χ2n) is 4.00. The molecule has 1 atom stereocenters. The van der Waals surface area contributed by atoms with Crippen LogP contribution in [0.15, 0.2) is 0 Å². The molecule has 54 valence electrons. The van der Waals surface area contributed by atoms with E-state index >= 15 is 0 Å². The molecule has 0 aromatic heterocycles. The van der Waals surface area contributed by atoms with Crippen LogP contribution in [0.4, 0.5) is 0 Å². The van der Waals surface area contributed by atoms with E-state index in [1.54, 1.807) is 0 Å². The smallest absolute Gasteiger partial charge is 0.122 e. The normalized spacial score (nSPS) is 35.3. The Morgan fingerprint density at radius 1 is 1.44 bits per heavy atom. The lowest BCUT2D eigenvalue weighted by atomic mass is 10.2. The molecule has 0 unspecified atom stereocenters. The minimum absolute atomic E-state index is 0.873. The molecule has 1 aliphatic heterocycles. The van der Waals surface area contributed by atoms with Crippen molar-refractivity contribution in [1.82, 2.24) is 4.57 Å². The molecule has 1 saturated heterocycles. The third-order valence-electron chi connectivity index (χ3n) is 2.47. The highest BCUT2D eigenvalue weighted by atomic mass is 28.3. The Morgan fingerprint density at radius 3 is 2.11 bits per heavy atom. The van der Waals surface area contributed by atoms with E-state index in [-0.39, 0.29) is 0 Å². The van der Waals surface area contributed by atoms with Crippen LogP contribution in [0.5, 0.6) is 0 Å². The van der Waals surface area contributed by atoms with Crippen LogP contribution < -0.4 is 0 Å². The molecule has 0 aliphatic carbocycles. The van der Waals surface area contributed by atoms with E-state index in [0.717, 1.165) is 5.92 Å². The average Bonchev–Trinajstić information content (AvgIpc) is 1.79. The topological polar surface area (TPSA) is 3.24 Å². The second-order valence-corrected chi connectivity index (χ2v) is 8.80. The zero-order chi connectivity index (χ0) is 7.07. The van der Waals surface area contributed by atoms with E-state index in [0.29, 0.717) is 0 Å². The predicted octanol–water partition coefficient (Wildman–Crippen LogP) is 1.77. The molecule has 0 aromatic rings. The van der Waals surface area contributed by atoms with Gasteiger partial charge in [-0.1, -0.05) is 20.0 Å². The molecule has 1 fully saturated rings. The predicted molar refractivity (Wildman–Crippen MR) is 44.1 cm³/mol. The maximum absolute atomic E-state index is 2.58. The lowest BCUT2D eigenvalue weighted by Crippen LogP contribution is -2.39. The van der Waals surface area contributed by atoms with E-state index in [1.807, 2.05) is 0 Å². The van der Waals surface area contributed by atoms with Gasteiger partial charge in [-0.3, -0.25) is 0 Å². The first-order valence-electron chi connectivity index (χ1n) is 3.73. The van der Waals surface area contributed by atoms with Gasteiger partial charge < -0.3 is 4.57 Å². The maximum Gasteiger partial charge on any atom is 0.122 e. The van der Waals surface area contributed by atoms with Crippen LogP contribution in [0.25, 0.3) is 0 Å². The molecule has 0 spiro atoms. The first-order chi connectivity index (χ1) is 4.02. The van der Waals surface area contributed by atoms with E-state index in [4.69, 9.17) is 0 Å². The average molecular weight is 143 g/mol. The SMILES string of the molecule is C[C@@H]1CN(C)[Si](C)(C)C1. The molecule has 1 rings (SSSR count). The summed E-state index contributed by atoms with van der Waals surface area (Å²) >= 11 is 0. The summed E-state index contributed by atoms with van der Waals surface area (Å²) in [5.41, 5.74) is 0. The van der Waals surface area contributed by atoms with Gasteiger partial charge in [0.15, 0.2) is 0 Å². The fraction of sp³-hybridized carbons (Fsp3) is 1.00. The first kappa shape index (κ1) is 7.29. The summed E-state index contributed by atoms with van der Waals surface area (Å²) in [6.45, 7) is 8.60. The number of nitrogens with zero attached hydrogens (tertiary/aromatic N) is 1. The Morgan fingerprint density at radius 2 is 2.00 bits per heavy atom. The molecule has 0 bridgehead atoms. The Balaban J connectivity index is 2.58.